The van der Waals surface area contributed by atoms with Crippen molar-refractivity contribution in [3.8, 4) is 0 Å². The minimum Gasteiger partial charge on any atom is -0.360 e. The average Bonchev–Trinajstić information content (AvgIpc) is 3.09. The van der Waals surface area contributed by atoms with E-state index in [0.29, 0.717) is 12.1 Å². The first-order valence-corrected chi connectivity index (χ1v) is 9.90. The summed E-state index contributed by atoms with van der Waals surface area (Å²) in [6.45, 7) is 15.2. The molecule has 5 nitrogen and oxygen atoms in total. The average molecular weight is 352 g/mol. The second kappa shape index (κ2) is 9.28. The van der Waals surface area contributed by atoms with Crippen molar-refractivity contribution < 1.29 is 0 Å². The van der Waals surface area contributed by atoms with E-state index < -0.39 is 0 Å². The first kappa shape index (κ1) is 19.1. The van der Waals surface area contributed by atoms with E-state index in [-0.39, 0.29) is 0 Å². The van der Waals surface area contributed by atoms with Gasteiger partial charge in [0, 0.05) is 58.4 Å². The lowest BCUT2D eigenvalue weighted by molar-refractivity contribution is 0.178. The summed E-state index contributed by atoms with van der Waals surface area (Å²) >= 11 is 1.82. The summed E-state index contributed by atoms with van der Waals surface area (Å²) in [5.74, 6) is 1.04. The van der Waals surface area contributed by atoms with E-state index in [9.17, 15) is 0 Å². The van der Waals surface area contributed by atoms with E-state index in [1.54, 1.807) is 0 Å². The van der Waals surface area contributed by atoms with Crippen molar-refractivity contribution in [3.05, 3.63) is 17.5 Å². The van der Waals surface area contributed by atoms with Crippen LogP contribution >= 0.6 is 11.3 Å². The number of anilines is 1. The molecule has 1 N–H and O–H groups in total. The van der Waals surface area contributed by atoms with Crippen LogP contribution in [0, 0.1) is 0 Å². The van der Waals surface area contributed by atoms with Crippen molar-refractivity contribution >= 4 is 22.3 Å². The highest BCUT2D eigenvalue weighted by Gasteiger charge is 2.20. The summed E-state index contributed by atoms with van der Waals surface area (Å²) in [6, 6.07) is 5.48. The number of aliphatic imine (C=N–C) groups is 1. The van der Waals surface area contributed by atoms with Crippen molar-refractivity contribution in [2.45, 2.75) is 39.8 Å². The van der Waals surface area contributed by atoms with E-state index in [1.807, 2.05) is 18.4 Å². The maximum atomic E-state index is 4.48. The highest BCUT2D eigenvalue weighted by Crippen LogP contribution is 2.22. The van der Waals surface area contributed by atoms with Gasteiger partial charge in [0.05, 0.1) is 5.00 Å². The molecule has 2 heterocycles. The third kappa shape index (κ3) is 5.11. The molecule has 0 aliphatic carbocycles. The Morgan fingerprint density at radius 2 is 1.88 bits per heavy atom. The van der Waals surface area contributed by atoms with Crippen molar-refractivity contribution in [2.75, 3.05) is 51.2 Å². The van der Waals surface area contributed by atoms with Crippen LogP contribution in [0.5, 0.6) is 0 Å². The third-order valence-corrected chi connectivity index (χ3v) is 5.52. The zero-order chi connectivity index (χ0) is 17.5. The van der Waals surface area contributed by atoms with Crippen molar-refractivity contribution in [3.63, 3.8) is 0 Å². The Labute approximate surface area is 151 Å². The maximum Gasteiger partial charge on any atom is 0.193 e. The molecule has 1 fully saturated rings. The van der Waals surface area contributed by atoms with Crippen LogP contribution in [0.15, 0.2) is 22.5 Å². The largest absolute Gasteiger partial charge is 0.360 e. The predicted molar refractivity (Wildman–Crippen MR) is 106 cm³/mol. The molecular formula is C18H33N5S. The van der Waals surface area contributed by atoms with Crippen LogP contribution in [0.2, 0.25) is 0 Å². The lowest BCUT2D eigenvalue weighted by Crippen LogP contribution is -2.53. The number of thiophene rings is 1. The fraction of sp³-hybridized carbons (Fsp3) is 0.722. The molecule has 1 aromatic heterocycles. The predicted octanol–water partition coefficient (Wildman–Crippen LogP) is 2.56. The molecule has 0 bridgehead atoms. The topological polar surface area (TPSA) is 34.1 Å². The summed E-state index contributed by atoms with van der Waals surface area (Å²) in [7, 11) is 1.89. The standard InChI is InChI=1S/C18H33N5S/c1-15(2)23(16(3)4)9-8-20-18(19-5)22-12-10-21(11-13-22)17-7-6-14-24-17/h6-7,14-16H,8-13H2,1-5H3,(H,19,20). The minimum atomic E-state index is 0.572. The van der Waals surface area contributed by atoms with Gasteiger partial charge in [-0.05, 0) is 45.2 Å². The molecule has 6 heteroatoms. The highest BCUT2D eigenvalue weighted by atomic mass is 32.1. The zero-order valence-electron chi connectivity index (χ0n) is 15.8. The van der Waals surface area contributed by atoms with Crippen molar-refractivity contribution in [1.29, 1.82) is 0 Å². The van der Waals surface area contributed by atoms with Gasteiger partial charge >= 0.3 is 0 Å². The Morgan fingerprint density at radius 3 is 2.38 bits per heavy atom. The Balaban J connectivity index is 1.78. The van der Waals surface area contributed by atoms with Gasteiger partial charge < -0.3 is 15.1 Å². The Hall–Kier alpha value is -1.27. The van der Waals surface area contributed by atoms with Crippen LogP contribution in [0.4, 0.5) is 5.00 Å². The summed E-state index contributed by atoms with van der Waals surface area (Å²) in [5, 5.41) is 7.07. The number of nitrogens with zero attached hydrogens (tertiary/aromatic N) is 4. The van der Waals surface area contributed by atoms with Crippen LogP contribution in [0.3, 0.4) is 0 Å². The Bertz CT molecular complexity index is 482. The van der Waals surface area contributed by atoms with E-state index >= 15 is 0 Å². The lowest BCUT2D eigenvalue weighted by Gasteiger charge is -2.37. The SMILES string of the molecule is CN=C(NCCN(C(C)C)C(C)C)N1CCN(c2cccs2)CC1. The molecular weight excluding hydrogens is 318 g/mol. The van der Waals surface area contributed by atoms with E-state index in [0.717, 1.165) is 45.2 Å². The summed E-state index contributed by atoms with van der Waals surface area (Å²) in [5.41, 5.74) is 0. The molecule has 0 spiro atoms. The van der Waals surface area contributed by atoms with Crippen LogP contribution in [0.25, 0.3) is 0 Å². The molecule has 1 aliphatic heterocycles. The first-order valence-electron chi connectivity index (χ1n) is 9.02. The monoisotopic (exact) mass is 351 g/mol. The molecule has 1 aliphatic rings. The third-order valence-electron chi connectivity index (χ3n) is 4.59. The van der Waals surface area contributed by atoms with E-state index in [1.165, 1.54) is 5.00 Å². The van der Waals surface area contributed by atoms with Gasteiger partial charge in [0.15, 0.2) is 5.96 Å². The fourth-order valence-electron chi connectivity index (χ4n) is 3.33. The molecule has 0 saturated carbocycles. The molecule has 0 atom stereocenters. The van der Waals surface area contributed by atoms with Crippen LogP contribution in [0.1, 0.15) is 27.7 Å². The number of piperazine rings is 1. The summed E-state index contributed by atoms with van der Waals surface area (Å²) in [6.07, 6.45) is 0. The van der Waals surface area contributed by atoms with Gasteiger partial charge in [-0.2, -0.15) is 0 Å². The molecule has 1 aromatic rings. The van der Waals surface area contributed by atoms with E-state index in [2.05, 4.69) is 70.2 Å². The Kier molecular flexibility index (Phi) is 7.37. The summed E-state index contributed by atoms with van der Waals surface area (Å²) < 4.78 is 0. The van der Waals surface area contributed by atoms with Gasteiger partial charge in [-0.15, -0.1) is 11.3 Å². The van der Waals surface area contributed by atoms with Crippen LogP contribution < -0.4 is 10.2 Å². The number of hydrogen-bond donors (Lipinski definition) is 1. The second-order valence-electron chi connectivity index (χ2n) is 6.82. The smallest absolute Gasteiger partial charge is 0.193 e. The quantitative estimate of drug-likeness (QED) is 0.631. The number of nitrogens with one attached hydrogen (secondary N) is 1. The van der Waals surface area contributed by atoms with Crippen molar-refractivity contribution in [2.24, 2.45) is 4.99 Å². The Morgan fingerprint density at radius 1 is 1.21 bits per heavy atom. The normalized spacial score (nSPS) is 16.6. The van der Waals surface area contributed by atoms with Crippen LogP contribution in [-0.2, 0) is 0 Å². The van der Waals surface area contributed by atoms with E-state index in [4.69, 9.17) is 0 Å². The summed E-state index contributed by atoms with van der Waals surface area (Å²) in [4.78, 5) is 11.8. The van der Waals surface area contributed by atoms with Gasteiger partial charge in [0.25, 0.3) is 0 Å². The zero-order valence-corrected chi connectivity index (χ0v) is 16.6. The van der Waals surface area contributed by atoms with Gasteiger partial charge in [-0.25, -0.2) is 0 Å². The minimum absolute atomic E-state index is 0.572. The highest BCUT2D eigenvalue weighted by molar-refractivity contribution is 7.14. The molecule has 2 rings (SSSR count). The molecule has 24 heavy (non-hydrogen) atoms. The van der Waals surface area contributed by atoms with Gasteiger partial charge in [0.2, 0.25) is 0 Å². The van der Waals surface area contributed by atoms with Gasteiger partial charge in [-0.3, -0.25) is 9.89 Å². The van der Waals surface area contributed by atoms with Gasteiger partial charge in [-0.1, -0.05) is 0 Å². The van der Waals surface area contributed by atoms with Gasteiger partial charge in [0.1, 0.15) is 0 Å². The molecule has 136 valence electrons. The molecule has 0 unspecified atom stereocenters. The van der Waals surface area contributed by atoms with Crippen molar-refractivity contribution in [1.82, 2.24) is 15.1 Å². The molecule has 1 saturated heterocycles. The second-order valence-corrected chi connectivity index (χ2v) is 7.75. The molecule has 0 amide bonds. The number of rotatable bonds is 6. The first-order chi connectivity index (χ1) is 11.5. The maximum absolute atomic E-state index is 4.48. The van der Waals surface area contributed by atoms with Crippen LogP contribution in [-0.4, -0.2) is 74.2 Å². The number of guanidine groups is 1. The fourth-order valence-corrected chi connectivity index (χ4v) is 4.12. The molecule has 0 aromatic carbocycles. The molecule has 0 radical (unpaired) electrons. The lowest BCUT2D eigenvalue weighted by atomic mass is 10.2. The number of hydrogen-bond acceptors (Lipinski definition) is 4.